The molecule has 4 nitrogen and oxygen atoms in total. The Balaban J connectivity index is 1.48. The highest BCUT2D eigenvalue weighted by atomic mass is 16.5. The first-order chi connectivity index (χ1) is 13.2. The highest BCUT2D eigenvalue weighted by Gasteiger charge is 2.40. The van der Waals surface area contributed by atoms with Crippen molar-refractivity contribution in [2.45, 2.75) is 32.1 Å². The van der Waals surface area contributed by atoms with Gasteiger partial charge in [0.1, 0.15) is 11.5 Å². The summed E-state index contributed by atoms with van der Waals surface area (Å²) in [7, 11) is 3.32. The number of hydrogen-bond donors (Lipinski definition) is 1. The first-order valence-electron chi connectivity index (χ1n) is 9.78. The molecule has 2 aliphatic carbocycles. The zero-order valence-electron chi connectivity index (χ0n) is 16.0. The topological polar surface area (TPSA) is 47.6 Å². The van der Waals surface area contributed by atoms with Crippen LogP contribution in [0.1, 0.15) is 32.1 Å². The average Bonchev–Trinajstić information content (AvgIpc) is 3.31. The lowest BCUT2D eigenvalue weighted by Crippen LogP contribution is -2.20. The number of hydrogen-bond acceptors (Lipinski definition) is 3. The van der Waals surface area contributed by atoms with Crippen LogP contribution in [-0.2, 0) is 4.79 Å². The highest BCUT2D eigenvalue weighted by molar-refractivity contribution is 5.92. The van der Waals surface area contributed by atoms with Gasteiger partial charge in [0, 0.05) is 17.7 Å². The largest absolute Gasteiger partial charge is 0.497 e. The lowest BCUT2D eigenvalue weighted by molar-refractivity contribution is -0.117. The molecule has 0 heterocycles. The Morgan fingerprint density at radius 2 is 1.85 bits per heavy atom. The second kappa shape index (κ2) is 7.63. The quantitative estimate of drug-likeness (QED) is 0.771. The maximum absolute atomic E-state index is 12.6. The number of fused-ring (bicyclic) bond motifs is 2. The number of ether oxygens (including phenoxy) is 2. The number of methoxy groups -OCH3 is 2. The van der Waals surface area contributed by atoms with Crippen molar-refractivity contribution in [1.82, 2.24) is 0 Å². The molecule has 2 aliphatic rings. The Kier molecular flexibility index (Phi) is 5.06. The van der Waals surface area contributed by atoms with Crippen molar-refractivity contribution < 1.29 is 14.3 Å². The third-order valence-electron chi connectivity index (χ3n) is 6.22. The minimum Gasteiger partial charge on any atom is -0.497 e. The molecule has 1 N–H and O–H groups in total. The van der Waals surface area contributed by atoms with Gasteiger partial charge < -0.3 is 14.8 Å². The Morgan fingerprint density at radius 1 is 1.04 bits per heavy atom. The fraction of sp³-hybridized carbons (Fsp3) is 0.435. The second-order valence-corrected chi connectivity index (χ2v) is 7.83. The van der Waals surface area contributed by atoms with Crippen molar-refractivity contribution in [3.05, 3.63) is 42.5 Å². The normalized spacial score (nSPS) is 23.3. The van der Waals surface area contributed by atoms with Gasteiger partial charge in [0.25, 0.3) is 0 Å². The highest BCUT2D eigenvalue weighted by Crippen LogP contribution is 2.49. The van der Waals surface area contributed by atoms with E-state index in [0.29, 0.717) is 12.3 Å². The zero-order chi connectivity index (χ0) is 18.8. The van der Waals surface area contributed by atoms with Crippen LogP contribution < -0.4 is 14.8 Å². The molecule has 2 aromatic carbocycles. The number of anilines is 1. The van der Waals surface area contributed by atoms with Crippen molar-refractivity contribution in [2.75, 3.05) is 19.5 Å². The zero-order valence-corrected chi connectivity index (χ0v) is 16.0. The Bertz CT molecular complexity index is 815. The van der Waals surface area contributed by atoms with E-state index in [-0.39, 0.29) is 5.91 Å². The molecule has 0 aliphatic heterocycles. The van der Waals surface area contributed by atoms with Gasteiger partial charge in [-0.3, -0.25) is 4.79 Å². The second-order valence-electron chi connectivity index (χ2n) is 7.83. The van der Waals surface area contributed by atoms with E-state index in [1.165, 1.54) is 25.7 Å². The molecule has 0 radical (unpaired) electrons. The van der Waals surface area contributed by atoms with Crippen LogP contribution in [-0.4, -0.2) is 20.1 Å². The fourth-order valence-electron chi connectivity index (χ4n) is 4.86. The summed E-state index contributed by atoms with van der Waals surface area (Å²) in [5.41, 5.74) is 2.80. The number of rotatable bonds is 6. The molecule has 2 bridgehead atoms. The predicted molar refractivity (Wildman–Crippen MR) is 107 cm³/mol. The molecule has 4 rings (SSSR count). The molecule has 27 heavy (non-hydrogen) atoms. The van der Waals surface area contributed by atoms with Gasteiger partial charge in [-0.15, -0.1) is 0 Å². The van der Waals surface area contributed by atoms with Crippen LogP contribution in [0.15, 0.2) is 42.5 Å². The first-order valence-corrected chi connectivity index (χ1v) is 9.78. The van der Waals surface area contributed by atoms with Gasteiger partial charge in [0.05, 0.1) is 14.2 Å². The first kappa shape index (κ1) is 17.9. The third-order valence-corrected chi connectivity index (χ3v) is 6.22. The lowest BCUT2D eigenvalue weighted by Gasteiger charge is -2.21. The van der Waals surface area contributed by atoms with Crippen LogP contribution in [0.3, 0.4) is 0 Å². The molecule has 2 aromatic rings. The van der Waals surface area contributed by atoms with Crippen molar-refractivity contribution in [3.63, 3.8) is 0 Å². The molecule has 4 heteroatoms. The van der Waals surface area contributed by atoms with Crippen LogP contribution in [0, 0.1) is 17.8 Å². The van der Waals surface area contributed by atoms with Crippen LogP contribution in [0.4, 0.5) is 5.69 Å². The fourth-order valence-corrected chi connectivity index (χ4v) is 4.86. The van der Waals surface area contributed by atoms with Gasteiger partial charge in [0.2, 0.25) is 5.91 Å². The number of carbonyl (C=O) groups is 1. The molecule has 0 unspecified atom stereocenters. The van der Waals surface area contributed by atoms with E-state index in [1.807, 2.05) is 42.5 Å². The number of amides is 1. The molecule has 0 saturated heterocycles. The maximum atomic E-state index is 12.6. The maximum Gasteiger partial charge on any atom is 0.224 e. The number of nitrogens with one attached hydrogen (secondary N) is 1. The molecule has 2 fully saturated rings. The Labute approximate surface area is 160 Å². The summed E-state index contributed by atoms with van der Waals surface area (Å²) in [6.45, 7) is 0. The molecule has 2 saturated carbocycles. The minimum atomic E-state index is 0.124. The monoisotopic (exact) mass is 365 g/mol. The molecule has 1 amide bonds. The van der Waals surface area contributed by atoms with Gasteiger partial charge in [-0.05, 0) is 72.9 Å². The summed E-state index contributed by atoms with van der Waals surface area (Å²) in [4.78, 5) is 12.6. The van der Waals surface area contributed by atoms with Crippen LogP contribution in [0.5, 0.6) is 11.5 Å². The Morgan fingerprint density at radius 3 is 2.48 bits per heavy atom. The SMILES string of the molecule is COc1ccc(-c2cc(NC(=O)C[C@H]3C[C@@H]4CC[C@@H]3C4)ccc2OC)cc1. The Hall–Kier alpha value is -2.49. The molecule has 0 spiro atoms. The van der Waals surface area contributed by atoms with Gasteiger partial charge in [0.15, 0.2) is 0 Å². The summed E-state index contributed by atoms with van der Waals surface area (Å²) in [5, 5.41) is 3.09. The summed E-state index contributed by atoms with van der Waals surface area (Å²) < 4.78 is 10.7. The standard InChI is InChI=1S/C23H27NO3/c1-26-20-8-5-16(6-9-20)21-14-19(7-10-22(21)27-2)24-23(25)13-18-12-15-3-4-17(18)11-15/h5-10,14-15,17-18H,3-4,11-13H2,1-2H3,(H,24,25)/t15-,17-,18-/m1/s1. The van der Waals surface area contributed by atoms with E-state index in [9.17, 15) is 4.79 Å². The van der Waals surface area contributed by atoms with E-state index < -0.39 is 0 Å². The van der Waals surface area contributed by atoms with Gasteiger partial charge in [-0.2, -0.15) is 0 Å². The molecule has 0 aromatic heterocycles. The van der Waals surface area contributed by atoms with Crippen LogP contribution in [0.25, 0.3) is 11.1 Å². The summed E-state index contributed by atoms with van der Waals surface area (Å²) >= 11 is 0. The minimum absolute atomic E-state index is 0.124. The van der Waals surface area contributed by atoms with E-state index in [2.05, 4.69) is 5.32 Å². The van der Waals surface area contributed by atoms with Crippen molar-refractivity contribution in [3.8, 4) is 22.6 Å². The molecular formula is C23H27NO3. The van der Waals surface area contributed by atoms with E-state index in [0.717, 1.165) is 40.1 Å². The van der Waals surface area contributed by atoms with E-state index in [4.69, 9.17) is 9.47 Å². The van der Waals surface area contributed by atoms with Crippen LogP contribution in [0.2, 0.25) is 0 Å². The van der Waals surface area contributed by atoms with E-state index >= 15 is 0 Å². The van der Waals surface area contributed by atoms with Crippen LogP contribution >= 0.6 is 0 Å². The summed E-state index contributed by atoms with van der Waals surface area (Å²) in [5.74, 6) is 3.93. The lowest BCUT2D eigenvalue weighted by atomic mass is 9.86. The average molecular weight is 365 g/mol. The molecule has 3 atom stereocenters. The van der Waals surface area contributed by atoms with Crippen molar-refractivity contribution in [1.29, 1.82) is 0 Å². The summed E-state index contributed by atoms with van der Waals surface area (Å²) in [6, 6.07) is 13.6. The van der Waals surface area contributed by atoms with Gasteiger partial charge >= 0.3 is 0 Å². The van der Waals surface area contributed by atoms with Gasteiger partial charge in [-0.1, -0.05) is 18.6 Å². The molecular weight excluding hydrogens is 338 g/mol. The van der Waals surface area contributed by atoms with Crippen molar-refractivity contribution >= 4 is 11.6 Å². The van der Waals surface area contributed by atoms with Gasteiger partial charge in [-0.25, -0.2) is 0 Å². The smallest absolute Gasteiger partial charge is 0.224 e. The van der Waals surface area contributed by atoms with E-state index in [1.54, 1.807) is 14.2 Å². The molecule has 142 valence electrons. The van der Waals surface area contributed by atoms with Crippen molar-refractivity contribution in [2.24, 2.45) is 17.8 Å². The third kappa shape index (κ3) is 3.80. The number of benzene rings is 2. The number of carbonyl (C=O) groups excluding carboxylic acids is 1. The predicted octanol–water partition coefficient (Wildman–Crippen LogP) is 5.14. The summed E-state index contributed by atoms with van der Waals surface area (Å²) in [6.07, 6.45) is 5.89.